The van der Waals surface area contributed by atoms with Gasteiger partial charge in [0.2, 0.25) is 0 Å². The molecular formula is C86H119F12O9PSi3. The number of aliphatic hydroxyl groups excluding tert-OH is 2. The highest BCUT2D eigenvalue weighted by Crippen LogP contribution is 2.69. The van der Waals surface area contributed by atoms with Gasteiger partial charge in [-0.05, 0) is 205 Å². The summed E-state index contributed by atoms with van der Waals surface area (Å²) in [6.45, 7) is 37.5. The molecule has 0 spiro atoms. The van der Waals surface area contributed by atoms with Crippen LogP contribution in [0.2, 0.25) is 55.9 Å². The zero-order chi connectivity index (χ0) is 82.9. The summed E-state index contributed by atoms with van der Waals surface area (Å²) in [6, 6.07) is 19.8. The number of carbonyl (C=O) groups excluding carboxylic acids is 1. The average Bonchev–Trinajstić information content (AvgIpc) is 1.58. The van der Waals surface area contributed by atoms with Crippen LogP contribution in [0, 0.1) is 57.2 Å². The van der Waals surface area contributed by atoms with Crippen molar-refractivity contribution in [3.8, 4) is 23.7 Å². The predicted octanol–water partition coefficient (Wildman–Crippen LogP) is 22.3. The van der Waals surface area contributed by atoms with Gasteiger partial charge in [-0.15, -0.1) is 0 Å². The smallest absolute Gasteiger partial charge is 0.413 e. The van der Waals surface area contributed by atoms with E-state index in [0.29, 0.717) is 63.9 Å². The summed E-state index contributed by atoms with van der Waals surface area (Å²) < 4.78 is 198. The topological polar surface area (TPSA) is 132 Å². The van der Waals surface area contributed by atoms with Gasteiger partial charge in [0, 0.05) is 72.4 Å². The first-order valence-corrected chi connectivity index (χ1v) is 50.5. The lowest BCUT2D eigenvalue weighted by molar-refractivity contribution is -0.343. The van der Waals surface area contributed by atoms with E-state index in [4.69, 9.17) is 18.0 Å². The van der Waals surface area contributed by atoms with Crippen LogP contribution in [0.1, 0.15) is 190 Å². The second-order valence-electron chi connectivity index (χ2n) is 36.9. The van der Waals surface area contributed by atoms with Gasteiger partial charge in [-0.2, -0.15) is 52.7 Å². The molecule has 4 unspecified atom stereocenters. The van der Waals surface area contributed by atoms with E-state index in [2.05, 4.69) is 111 Å². The number of carbonyl (C=O) groups is 1. The van der Waals surface area contributed by atoms with Crippen molar-refractivity contribution in [2.24, 2.45) is 33.5 Å². The Balaban J connectivity index is 0.000000203. The molecule has 3 N–H and O–H groups in total. The molecular weight excluding hydrogens is 1520 g/mol. The number of ether oxygens (including phenoxy) is 1. The quantitative estimate of drug-likeness (QED) is 0.0524. The molecule has 2 aromatic carbocycles. The summed E-state index contributed by atoms with van der Waals surface area (Å²) >= 11 is 0. The van der Waals surface area contributed by atoms with Gasteiger partial charge in [0.25, 0.3) is 0 Å². The average molecular weight is 1640 g/mol. The maximum Gasteiger partial charge on any atom is 0.438 e. The lowest BCUT2D eigenvalue weighted by Gasteiger charge is -2.45. The van der Waals surface area contributed by atoms with E-state index in [0.717, 1.165) is 109 Å². The van der Waals surface area contributed by atoms with E-state index in [1.54, 1.807) is 0 Å². The van der Waals surface area contributed by atoms with E-state index in [-0.39, 0.29) is 63.6 Å². The van der Waals surface area contributed by atoms with Gasteiger partial charge < -0.3 is 37.9 Å². The van der Waals surface area contributed by atoms with E-state index in [1.807, 2.05) is 79.7 Å². The molecule has 25 heteroatoms. The minimum absolute atomic E-state index is 0.0604. The van der Waals surface area contributed by atoms with Crippen molar-refractivity contribution >= 4 is 48.5 Å². The minimum atomic E-state index is -5.94. The van der Waals surface area contributed by atoms with Crippen LogP contribution in [0.3, 0.4) is 0 Å². The SMILES string of the molecule is C1CCOC1.C=C1/C(=C\CP(=O)(c2ccccc2)c2ccccc2)CC(O[Si](C)(C)C(C)(C)C)C[C@@H]1O[Si](C)(C)C(C)(C)C.C[C@]12CCC/C(=C\C=C3CC(O)C[C@H](O)C3)C1CC=C2C1(CC#CC(O)(C(F)(F)F)C(F)(F)F)CC1.C[C@]12CCCC(=O)C1CC=C2C1(CC#CC(O[Si](C)(C)C)(C(F)(F)F)C(F)(F)F)CC1. The fourth-order valence-corrected chi connectivity index (χ4v) is 23.2. The number of Topliss-reactive ketones (excluding diaryl/α,β-unsaturated/α-hetero) is 1. The number of hydrogen-bond acceptors (Lipinski definition) is 9. The molecule has 1 heterocycles. The Labute approximate surface area is 654 Å². The lowest BCUT2D eigenvalue weighted by Crippen LogP contribution is -2.61. The molecule has 0 radical (unpaired) electrons. The van der Waals surface area contributed by atoms with Gasteiger partial charge in [-0.3, -0.25) is 4.79 Å². The second kappa shape index (κ2) is 34.2. The van der Waals surface area contributed by atoms with E-state index in [9.17, 15) is 77.4 Å². The van der Waals surface area contributed by atoms with Crippen molar-refractivity contribution in [2.75, 3.05) is 19.4 Å². The van der Waals surface area contributed by atoms with Crippen molar-refractivity contribution < 1.29 is 95.4 Å². The molecule has 11 rings (SSSR count). The summed E-state index contributed by atoms with van der Waals surface area (Å²) in [5.41, 5.74) is -4.76. The molecule has 1 aliphatic heterocycles. The van der Waals surface area contributed by atoms with Crippen molar-refractivity contribution in [1.29, 1.82) is 0 Å². The van der Waals surface area contributed by atoms with Gasteiger partial charge >= 0.3 is 35.9 Å². The Morgan fingerprint density at radius 2 is 1.05 bits per heavy atom. The van der Waals surface area contributed by atoms with Crippen molar-refractivity contribution in [1.82, 2.24) is 0 Å². The third-order valence-electron chi connectivity index (χ3n) is 25.4. The Hall–Kier alpha value is -4.57. The number of aliphatic hydroxyl groups is 3. The highest BCUT2D eigenvalue weighted by atomic mass is 31.2. The van der Waals surface area contributed by atoms with Crippen LogP contribution in [-0.4, -0.2) is 126 Å². The Morgan fingerprint density at radius 3 is 1.48 bits per heavy atom. The van der Waals surface area contributed by atoms with E-state index in [1.165, 1.54) is 44.0 Å². The number of allylic oxidation sites excluding steroid dienone is 8. The molecule has 7 fully saturated rings. The molecule has 6 saturated carbocycles. The van der Waals surface area contributed by atoms with Gasteiger partial charge in [0.15, 0.2) is 25.0 Å². The molecule has 0 bridgehead atoms. The maximum absolute atomic E-state index is 14.7. The van der Waals surface area contributed by atoms with Crippen LogP contribution in [0.5, 0.6) is 0 Å². The Morgan fingerprint density at radius 1 is 0.595 bits per heavy atom. The van der Waals surface area contributed by atoms with Crippen molar-refractivity contribution in [3.05, 3.63) is 131 Å². The third-order valence-corrected chi connectivity index (χ3v) is 38.3. The molecule has 8 aliphatic carbocycles. The van der Waals surface area contributed by atoms with E-state index >= 15 is 0 Å². The van der Waals surface area contributed by atoms with E-state index < -0.39 is 91.0 Å². The van der Waals surface area contributed by atoms with Crippen molar-refractivity contribution in [2.45, 2.75) is 306 Å². The molecule has 9 nitrogen and oxygen atoms in total. The highest BCUT2D eigenvalue weighted by molar-refractivity contribution is 7.78. The first-order valence-electron chi connectivity index (χ1n) is 39.4. The number of benzene rings is 2. The number of rotatable bonds is 15. The predicted molar refractivity (Wildman–Crippen MR) is 423 cm³/mol. The fourth-order valence-electron chi connectivity index (χ4n) is 16.8. The zero-order valence-electron chi connectivity index (χ0n) is 67.6. The standard InChI is InChI=1S/C33H51O3PSi2.C27H32F6O3.C22H28F6O2Si.C4H8O/c1-26-27(22-23-37(34,29-18-14-12-15-19-29)30-20-16-13-17-21-30)24-28(35-38(8,9)32(2,3)4)25-31(26)36-39(10,11)33(5,6)7;1-23-9-2-4-18(6-5-17-14-19(34)16-20(35)15-17)21(23)7-8-22(23)24(12-13-24)10-3-11-25(36,26(28,29)30)27(31,32)33;1-18-10-5-7-16(29)15(18)8-9-17(18)19(13-14-19)11-6-12-20(21(23,24)25,22(26,27)28)30-31(2,3)4;1-2-4-5-3-1/h12-22,28,31H,1,23-25H2,2-11H3;5-6,8,19-21,34-36H,2,4,7,9-10,12-16H2,1H3;9,15H,5,7-8,10-11,13-14H2,1-4H3;1-4H2/b27-22-;17-5?,18-6+;;/t28?,31-;19-,20?,21?,23+;15?,18-;/m010./s1. The van der Waals surface area contributed by atoms with Crippen LogP contribution in [0.4, 0.5) is 52.7 Å². The minimum Gasteiger partial charge on any atom is -0.413 e. The number of fused-ring (bicyclic) bond motifs is 2. The number of ketones is 1. The van der Waals surface area contributed by atoms with Crippen LogP contribution in [-0.2, 0) is 27.4 Å². The molecule has 0 amide bonds. The summed E-state index contributed by atoms with van der Waals surface area (Å²) in [5.74, 6) is 7.18. The zero-order valence-corrected chi connectivity index (χ0v) is 71.5. The monoisotopic (exact) mass is 1640 g/mol. The molecule has 8 atom stereocenters. The summed E-state index contributed by atoms with van der Waals surface area (Å²) in [4.78, 5) is 12.3. The maximum atomic E-state index is 14.7. The molecule has 618 valence electrons. The van der Waals surface area contributed by atoms with Crippen LogP contribution < -0.4 is 10.6 Å². The first kappa shape index (κ1) is 91.9. The third kappa shape index (κ3) is 21.1. The lowest BCUT2D eigenvalue weighted by atomic mass is 9.61. The summed E-state index contributed by atoms with van der Waals surface area (Å²) in [5, 5.41) is 31.2. The first-order chi connectivity index (χ1) is 51.0. The van der Waals surface area contributed by atoms with Gasteiger partial charge in [0.05, 0.1) is 24.4 Å². The van der Waals surface area contributed by atoms with Crippen LogP contribution in [0.25, 0.3) is 0 Å². The van der Waals surface area contributed by atoms with Gasteiger partial charge in [-0.25, -0.2) is 0 Å². The fraction of sp³-hybridized carbons (Fsp3) is 0.663. The molecule has 0 aromatic heterocycles. The summed E-state index contributed by atoms with van der Waals surface area (Å²) in [7, 11) is -10.2. The normalized spacial score (nSPS) is 27.6. The van der Waals surface area contributed by atoms with Gasteiger partial charge in [0.1, 0.15) is 12.9 Å². The molecule has 111 heavy (non-hydrogen) atoms. The Bertz CT molecular complexity index is 3860. The summed E-state index contributed by atoms with van der Waals surface area (Å²) in [6.07, 6.45) is 0.354. The number of hydrogen-bond donors (Lipinski definition) is 3. The Kier molecular flexibility index (Phi) is 28.3. The molecule has 9 aliphatic rings. The number of halogens is 12. The largest absolute Gasteiger partial charge is 0.438 e. The highest BCUT2D eigenvalue weighted by Gasteiger charge is 2.74. The van der Waals surface area contributed by atoms with Crippen LogP contribution in [0.15, 0.2) is 131 Å². The van der Waals surface area contributed by atoms with Crippen molar-refractivity contribution in [3.63, 3.8) is 0 Å². The molecule has 1 saturated heterocycles. The molecule has 2 aromatic rings. The van der Waals surface area contributed by atoms with Crippen LogP contribution >= 0.6 is 7.14 Å². The second-order valence-corrected chi connectivity index (χ2v) is 53.7. The van der Waals surface area contributed by atoms with Gasteiger partial charge in [-0.1, -0.05) is 187 Å². The number of alkyl halides is 12.